The van der Waals surface area contributed by atoms with Crippen LogP contribution in [0.2, 0.25) is 0 Å². The van der Waals surface area contributed by atoms with Crippen LogP contribution in [0.25, 0.3) is 5.57 Å². The molecule has 1 aromatic carbocycles. The molecule has 0 saturated carbocycles. The Hall–Kier alpha value is -1.94. The predicted molar refractivity (Wildman–Crippen MR) is 124 cm³/mol. The lowest BCUT2D eigenvalue weighted by molar-refractivity contribution is -0.175. The molecular formula is C27H38O4. The molecule has 170 valence electrons. The van der Waals surface area contributed by atoms with E-state index in [9.17, 15) is 9.59 Å². The highest BCUT2D eigenvalue weighted by Gasteiger charge is 2.47. The molecule has 0 radical (unpaired) electrons. The number of hydrogen-bond donors (Lipinski definition) is 0. The van der Waals surface area contributed by atoms with Crippen LogP contribution in [0.5, 0.6) is 0 Å². The van der Waals surface area contributed by atoms with Crippen molar-refractivity contribution in [3.63, 3.8) is 0 Å². The molecule has 1 aliphatic carbocycles. The third-order valence-electron chi connectivity index (χ3n) is 6.65. The second kappa shape index (κ2) is 9.28. The van der Waals surface area contributed by atoms with Gasteiger partial charge in [0, 0.05) is 24.0 Å². The third kappa shape index (κ3) is 5.28. The van der Waals surface area contributed by atoms with E-state index in [0.29, 0.717) is 26.1 Å². The second-order valence-electron chi connectivity index (χ2n) is 10.5. The standard InChI is InChI=1S/C27H38O4/c1-7-19-13-18(3)14-20(8-2)25(19)21-9-10-27(15-22(21)28)11-12-30-17-23(27)31-24(29)16-26(4,5)6/h9,13-14,23H,7-8,10-12,15-17H2,1-6H3. The van der Waals surface area contributed by atoms with Crippen molar-refractivity contribution in [2.75, 3.05) is 13.2 Å². The van der Waals surface area contributed by atoms with Crippen molar-refractivity contribution < 1.29 is 19.1 Å². The summed E-state index contributed by atoms with van der Waals surface area (Å²) in [6, 6.07) is 4.41. The number of rotatable bonds is 5. The maximum atomic E-state index is 13.5. The largest absolute Gasteiger partial charge is 0.459 e. The molecule has 1 saturated heterocycles. The Bertz CT molecular complexity index is 849. The van der Waals surface area contributed by atoms with Crippen LogP contribution in [0.3, 0.4) is 0 Å². The van der Waals surface area contributed by atoms with Crippen LogP contribution in [0.4, 0.5) is 0 Å². The number of benzene rings is 1. The SMILES string of the molecule is CCc1cc(C)cc(CC)c1C1=CCC2(CCOCC2OC(=O)CC(C)(C)C)CC1=O. The second-order valence-corrected chi connectivity index (χ2v) is 10.5. The molecule has 0 aromatic heterocycles. The normalized spacial score (nSPS) is 24.3. The molecule has 31 heavy (non-hydrogen) atoms. The van der Waals surface area contributed by atoms with E-state index >= 15 is 0 Å². The van der Waals surface area contributed by atoms with E-state index < -0.39 is 0 Å². The molecule has 0 N–H and O–H groups in total. The lowest BCUT2D eigenvalue weighted by Gasteiger charge is -2.44. The molecule has 4 nitrogen and oxygen atoms in total. The Morgan fingerprint density at radius 2 is 1.84 bits per heavy atom. The topological polar surface area (TPSA) is 52.6 Å². The molecule has 2 unspecified atom stereocenters. The van der Waals surface area contributed by atoms with E-state index in [-0.39, 0.29) is 28.7 Å². The van der Waals surface area contributed by atoms with Gasteiger partial charge >= 0.3 is 5.97 Å². The highest BCUT2D eigenvalue weighted by Crippen LogP contribution is 2.46. The number of aryl methyl sites for hydroxylation is 3. The van der Waals surface area contributed by atoms with Gasteiger partial charge in [0.05, 0.1) is 13.0 Å². The van der Waals surface area contributed by atoms with Crippen LogP contribution in [-0.2, 0) is 31.9 Å². The fraction of sp³-hybridized carbons (Fsp3) is 0.630. The zero-order chi connectivity index (χ0) is 22.8. The summed E-state index contributed by atoms with van der Waals surface area (Å²) in [5, 5.41) is 0. The van der Waals surface area contributed by atoms with Crippen LogP contribution in [0.1, 0.15) is 82.6 Å². The van der Waals surface area contributed by atoms with Gasteiger partial charge in [0.1, 0.15) is 6.10 Å². The van der Waals surface area contributed by atoms with Gasteiger partial charge in [-0.1, -0.05) is 58.4 Å². The molecule has 3 rings (SSSR count). The number of ketones is 1. The van der Waals surface area contributed by atoms with E-state index in [2.05, 4.69) is 39.0 Å². The lowest BCUT2D eigenvalue weighted by Crippen LogP contribution is -2.48. The van der Waals surface area contributed by atoms with Gasteiger partial charge in [0.2, 0.25) is 0 Å². The number of carbonyl (C=O) groups excluding carboxylic acids is 2. The minimum Gasteiger partial charge on any atom is -0.459 e. The Balaban J connectivity index is 1.90. The van der Waals surface area contributed by atoms with Crippen molar-refractivity contribution >= 4 is 17.3 Å². The molecule has 1 aromatic rings. The number of hydrogen-bond acceptors (Lipinski definition) is 4. The summed E-state index contributed by atoms with van der Waals surface area (Å²) in [4.78, 5) is 26.0. The molecule has 2 aliphatic rings. The van der Waals surface area contributed by atoms with Gasteiger partial charge in [0.25, 0.3) is 0 Å². The Morgan fingerprint density at radius 3 is 2.39 bits per heavy atom. The summed E-state index contributed by atoms with van der Waals surface area (Å²) >= 11 is 0. The molecular weight excluding hydrogens is 388 g/mol. The molecule has 1 aliphatic heterocycles. The van der Waals surface area contributed by atoms with Crippen LogP contribution in [0.15, 0.2) is 18.2 Å². The first-order valence-corrected chi connectivity index (χ1v) is 11.7. The summed E-state index contributed by atoms with van der Waals surface area (Å²) in [6.07, 6.45) is 5.81. The summed E-state index contributed by atoms with van der Waals surface area (Å²) in [5.74, 6) is -0.0389. The number of ether oxygens (including phenoxy) is 2. The van der Waals surface area contributed by atoms with Crippen molar-refractivity contribution in [3.05, 3.63) is 40.5 Å². The fourth-order valence-corrected chi connectivity index (χ4v) is 5.02. The van der Waals surface area contributed by atoms with Crippen LogP contribution in [0, 0.1) is 17.8 Å². The van der Waals surface area contributed by atoms with E-state index in [1.54, 1.807) is 0 Å². The number of Topliss-reactive ketones (excluding diaryl/α,β-unsaturated/α-hetero) is 1. The van der Waals surface area contributed by atoms with Crippen molar-refractivity contribution in [2.24, 2.45) is 10.8 Å². The van der Waals surface area contributed by atoms with Gasteiger partial charge in [-0.15, -0.1) is 0 Å². The molecule has 4 heteroatoms. The van der Waals surface area contributed by atoms with Crippen LogP contribution < -0.4 is 0 Å². The molecule has 0 bridgehead atoms. The van der Waals surface area contributed by atoms with E-state index in [1.165, 1.54) is 16.7 Å². The maximum absolute atomic E-state index is 13.5. The smallest absolute Gasteiger partial charge is 0.306 e. The van der Waals surface area contributed by atoms with E-state index in [1.807, 2.05) is 20.8 Å². The van der Waals surface area contributed by atoms with E-state index in [4.69, 9.17) is 9.47 Å². The monoisotopic (exact) mass is 426 g/mol. The highest BCUT2D eigenvalue weighted by molar-refractivity contribution is 6.22. The average molecular weight is 427 g/mol. The van der Waals surface area contributed by atoms with Crippen LogP contribution >= 0.6 is 0 Å². The Labute approximate surface area is 187 Å². The molecule has 0 amide bonds. The number of esters is 1. The quantitative estimate of drug-likeness (QED) is 0.573. The van der Waals surface area contributed by atoms with Gasteiger partial charge in [-0.2, -0.15) is 0 Å². The molecule has 1 spiro atoms. The number of carbonyl (C=O) groups is 2. The summed E-state index contributed by atoms with van der Waals surface area (Å²) in [7, 11) is 0. The lowest BCUT2D eigenvalue weighted by atomic mass is 9.66. The molecule has 2 atom stereocenters. The summed E-state index contributed by atoms with van der Waals surface area (Å²) in [5.41, 5.74) is 5.23. The van der Waals surface area contributed by atoms with Crippen LogP contribution in [-0.4, -0.2) is 31.1 Å². The summed E-state index contributed by atoms with van der Waals surface area (Å²) < 4.78 is 11.6. The zero-order valence-electron chi connectivity index (χ0n) is 20.1. The highest BCUT2D eigenvalue weighted by atomic mass is 16.6. The van der Waals surface area contributed by atoms with Gasteiger partial charge < -0.3 is 9.47 Å². The number of allylic oxidation sites excluding steroid dienone is 2. The first-order valence-electron chi connectivity index (χ1n) is 11.7. The van der Waals surface area contributed by atoms with Crippen molar-refractivity contribution in [2.45, 2.75) is 86.2 Å². The van der Waals surface area contributed by atoms with Crippen molar-refractivity contribution in [1.82, 2.24) is 0 Å². The van der Waals surface area contributed by atoms with Gasteiger partial charge in [-0.05, 0) is 54.7 Å². The Kier molecular flexibility index (Phi) is 7.10. The molecule has 1 heterocycles. The summed E-state index contributed by atoms with van der Waals surface area (Å²) in [6.45, 7) is 13.5. The predicted octanol–water partition coefficient (Wildman–Crippen LogP) is 5.62. The van der Waals surface area contributed by atoms with Crippen molar-refractivity contribution in [1.29, 1.82) is 0 Å². The van der Waals surface area contributed by atoms with Gasteiger partial charge in [0.15, 0.2) is 5.78 Å². The Morgan fingerprint density at radius 1 is 1.19 bits per heavy atom. The zero-order valence-corrected chi connectivity index (χ0v) is 20.1. The first kappa shape index (κ1) is 23.7. The average Bonchev–Trinajstić information content (AvgIpc) is 2.68. The van der Waals surface area contributed by atoms with Gasteiger partial charge in [-0.25, -0.2) is 0 Å². The minimum absolute atomic E-state index is 0.131. The van der Waals surface area contributed by atoms with Crippen molar-refractivity contribution in [3.8, 4) is 0 Å². The maximum Gasteiger partial charge on any atom is 0.306 e. The fourth-order valence-electron chi connectivity index (χ4n) is 5.02. The minimum atomic E-state index is -0.368. The van der Waals surface area contributed by atoms with Gasteiger partial charge in [-0.3, -0.25) is 9.59 Å². The third-order valence-corrected chi connectivity index (χ3v) is 6.65. The first-order chi connectivity index (χ1) is 14.6. The van der Waals surface area contributed by atoms with E-state index in [0.717, 1.165) is 36.8 Å². The molecule has 1 fully saturated rings.